The number of benzene rings is 1. The molecule has 1 atom stereocenters. The van der Waals surface area contributed by atoms with Crippen LogP contribution in [0.25, 0.3) is 0 Å². The Bertz CT molecular complexity index is 290. The molecule has 0 spiro atoms. The van der Waals surface area contributed by atoms with E-state index < -0.39 is 5.60 Å². The monoisotopic (exact) mass is 198 g/mol. The maximum atomic E-state index is 10.5. The summed E-state index contributed by atoms with van der Waals surface area (Å²) in [5.41, 5.74) is 0.147. The van der Waals surface area contributed by atoms with E-state index in [0.29, 0.717) is 17.7 Å². The fourth-order valence-electron chi connectivity index (χ4n) is 0.999. The average molecular weight is 199 g/mol. The zero-order chi connectivity index (χ0) is 9.90. The molecule has 0 saturated carbocycles. The number of carbonyl (C=O) groups is 1. The summed E-state index contributed by atoms with van der Waals surface area (Å²) in [6.45, 7) is 1.45. The van der Waals surface area contributed by atoms with Gasteiger partial charge in [0.05, 0.1) is 0 Å². The summed E-state index contributed by atoms with van der Waals surface area (Å²) in [6, 6.07) is 6.98. The van der Waals surface area contributed by atoms with Crippen LogP contribution in [0.1, 0.15) is 18.1 Å². The van der Waals surface area contributed by atoms with Crippen LogP contribution in [0.2, 0.25) is 0 Å². The second kappa shape index (κ2) is 3.90. The first kappa shape index (κ1) is 10.2. The van der Waals surface area contributed by atoms with Crippen LogP contribution in [0.15, 0.2) is 24.3 Å². The topological polar surface area (TPSA) is 37.3 Å². The molecule has 3 heteroatoms. The normalized spacial score (nSPS) is 15.0. The van der Waals surface area contributed by atoms with E-state index in [1.807, 2.05) is 0 Å². The lowest BCUT2D eigenvalue weighted by Gasteiger charge is -2.15. The lowest BCUT2D eigenvalue weighted by Crippen LogP contribution is -2.22. The Morgan fingerprint density at radius 2 is 2.00 bits per heavy atom. The second-order valence-corrected chi connectivity index (χ2v) is 3.36. The summed E-state index contributed by atoms with van der Waals surface area (Å²) in [5, 5.41) is 9.56. The summed E-state index contributed by atoms with van der Waals surface area (Å²) in [4.78, 5) is 10.5. The van der Waals surface area contributed by atoms with Crippen LogP contribution in [0.5, 0.6) is 0 Å². The maximum absolute atomic E-state index is 10.5. The van der Waals surface area contributed by atoms with Crippen molar-refractivity contribution in [1.29, 1.82) is 0 Å². The Labute approximate surface area is 82.2 Å². The van der Waals surface area contributed by atoms with Crippen LogP contribution in [0.3, 0.4) is 0 Å². The molecule has 1 rings (SSSR count). The summed E-state index contributed by atoms with van der Waals surface area (Å²) in [7, 11) is 0. The molecule has 0 radical (unpaired) electrons. The molecule has 1 unspecified atom stereocenters. The fraction of sp³-hybridized carbons (Fsp3) is 0.300. The van der Waals surface area contributed by atoms with Crippen molar-refractivity contribution in [3.63, 3.8) is 0 Å². The molecule has 0 bridgehead atoms. The fourth-order valence-corrected chi connectivity index (χ4v) is 1.18. The minimum atomic E-state index is -1.40. The van der Waals surface area contributed by atoms with Gasteiger partial charge >= 0.3 is 0 Å². The molecule has 0 saturated heterocycles. The van der Waals surface area contributed by atoms with E-state index in [0.717, 1.165) is 5.56 Å². The van der Waals surface area contributed by atoms with Gasteiger partial charge in [0.2, 0.25) is 0 Å². The molecular formula is C10H11ClO2. The number of rotatable bonds is 3. The van der Waals surface area contributed by atoms with Crippen LogP contribution < -0.4 is 0 Å². The summed E-state index contributed by atoms with van der Waals surface area (Å²) in [6.07, 6.45) is 0.517. The number of halogens is 1. The smallest absolute Gasteiger partial charge is 0.155 e. The zero-order valence-electron chi connectivity index (χ0n) is 7.33. The van der Waals surface area contributed by atoms with Gasteiger partial charge in [-0.15, -0.1) is 11.6 Å². The van der Waals surface area contributed by atoms with E-state index in [9.17, 15) is 9.90 Å². The van der Waals surface area contributed by atoms with E-state index >= 15 is 0 Å². The van der Waals surface area contributed by atoms with Crippen molar-refractivity contribution in [2.24, 2.45) is 0 Å². The first-order valence-corrected chi connectivity index (χ1v) is 4.47. The molecule has 13 heavy (non-hydrogen) atoms. The number of hydrogen-bond donors (Lipinski definition) is 1. The molecular weight excluding hydrogens is 188 g/mol. The summed E-state index contributed by atoms with van der Waals surface area (Å²) >= 11 is 5.60. The number of carbonyl (C=O) groups excluding carboxylic acids is 1. The second-order valence-electron chi connectivity index (χ2n) is 3.10. The lowest BCUT2D eigenvalue weighted by molar-refractivity contribution is -0.123. The molecule has 0 heterocycles. The molecule has 2 nitrogen and oxygen atoms in total. The van der Waals surface area contributed by atoms with Gasteiger partial charge in [-0.1, -0.05) is 24.3 Å². The Morgan fingerprint density at radius 3 is 2.38 bits per heavy atom. The van der Waals surface area contributed by atoms with Gasteiger partial charge < -0.3 is 5.11 Å². The van der Waals surface area contributed by atoms with Crippen molar-refractivity contribution >= 4 is 17.9 Å². The zero-order valence-corrected chi connectivity index (χ0v) is 8.08. The van der Waals surface area contributed by atoms with Gasteiger partial charge in [-0.2, -0.15) is 0 Å². The number of alkyl halides is 1. The molecule has 0 aliphatic heterocycles. The quantitative estimate of drug-likeness (QED) is 0.595. The third-order valence-electron chi connectivity index (χ3n) is 1.92. The van der Waals surface area contributed by atoms with Crippen molar-refractivity contribution in [3.8, 4) is 0 Å². The van der Waals surface area contributed by atoms with E-state index in [2.05, 4.69) is 0 Å². The van der Waals surface area contributed by atoms with Gasteiger partial charge in [0, 0.05) is 5.88 Å². The van der Waals surface area contributed by atoms with Crippen LogP contribution >= 0.6 is 11.6 Å². The van der Waals surface area contributed by atoms with Crippen molar-refractivity contribution < 1.29 is 9.90 Å². The Balaban J connectivity index is 2.98. The highest BCUT2D eigenvalue weighted by atomic mass is 35.5. The Morgan fingerprint density at radius 1 is 1.46 bits per heavy atom. The van der Waals surface area contributed by atoms with E-state index in [4.69, 9.17) is 11.6 Å². The van der Waals surface area contributed by atoms with Gasteiger partial charge in [-0.3, -0.25) is 4.79 Å². The van der Waals surface area contributed by atoms with Crippen molar-refractivity contribution in [1.82, 2.24) is 0 Å². The highest BCUT2D eigenvalue weighted by molar-refractivity contribution is 6.17. The molecule has 0 amide bonds. The van der Waals surface area contributed by atoms with Crippen LogP contribution in [0.4, 0.5) is 0 Å². The highest BCUT2D eigenvalue weighted by Gasteiger charge is 2.21. The van der Waals surface area contributed by atoms with Crippen LogP contribution in [-0.2, 0) is 16.3 Å². The molecule has 0 aliphatic rings. The standard InChI is InChI=1S/C10H11ClO2/c1-10(13,7-12)9-4-2-8(6-11)3-5-9/h2-5,7,13H,6H2,1H3. The van der Waals surface area contributed by atoms with Gasteiger partial charge in [0.25, 0.3) is 0 Å². The number of aliphatic hydroxyl groups is 1. The van der Waals surface area contributed by atoms with Gasteiger partial charge in [-0.05, 0) is 18.1 Å². The number of aldehydes is 1. The van der Waals surface area contributed by atoms with Crippen molar-refractivity contribution in [2.75, 3.05) is 0 Å². The summed E-state index contributed by atoms with van der Waals surface area (Å²) < 4.78 is 0. The molecule has 1 N–H and O–H groups in total. The minimum absolute atomic E-state index is 0.434. The van der Waals surface area contributed by atoms with Gasteiger partial charge in [0.1, 0.15) is 5.60 Å². The van der Waals surface area contributed by atoms with E-state index in [-0.39, 0.29) is 0 Å². The summed E-state index contributed by atoms with van der Waals surface area (Å²) in [5.74, 6) is 0.434. The van der Waals surface area contributed by atoms with E-state index in [1.54, 1.807) is 24.3 Å². The number of hydrogen-bond acceptors (Lipinski definition) is 2. The molecule has 0 aliphatic carbocycles. The van der Waals surface area contributed by atoms with Gasteiger partial charge in [-0.25, -0.2) is 0 Å². The van der Waals surface area contributed by atoms with Crippen molar-refractivity contribution in [2.45, 2.75) is 18.4 Å². The lowest BCUT2D eigenvalue weighted by atomic mass is 9.97. The van der Waals surface area contributed by atoms with Gasteiger partial charge in [0.15, 0.2) is 6.29 Å². The predicted molar refractivity (Wildman–Crippen MR) is 51.6 cm³/mol. The van der Waals surface area contributed by atoms with Crippen LogP contribution in [-0.4, -0.2) is 11.4 Å². The average Bonchev–Trinajstić information content (AvgIpc) is 2.18. The molecule has 0 fully saturated rings. The molecule has 0 aromatic heterocycles. The molecule has 1 aromatic carbocycles. The Kier molecular flexibility index (Phi) is 3.07. The van der Waals surface area contributed by atoms with Crippen LogP contribution in [0, 0.1) is 0 Å². The maximum Gasteiger partial charge on any atom is 0.155 e. The predicted octanol–water partition coefficient (Wildman–Crippen LogP) is 1.83. The minimum Gasteiger partial charge on any atom is -0.378 e. The Hall–Kier alpha value is -0.860. The molecule has 1 aromatic rings. The first-order chi connectivity index (χ1) is 6.10. The third-order valence-corrected chi connectivity index (χ3v) is 2.23. The largest absolute Gasteiger partial charge is 0.378 e. The molecule has 70 valence electrons. The third kappa shape index (κ3) is 2.29. The highest BCUT2D eigenvalue weighted by Crippen LogP contribution is 2.18. The SMILES string of the molecule is CC(O)(C=O)c1ccc(CCl)cc1. The first-order valence-electron chi connectivity index (χ1n) is 3.94. The van der Waals surface area contributed by atoms with E-state index in [1.165, 1.54) is 6.92 Å². The van der Waals surface area contributed by atoms with Crippen molar-refractivity contribution in [3.05, 3.63) is 35.4 Å².